The van der Waals surface area contributed by atoms with Gasteiger partial charge in [-0.25, -0.2) is 4.39 Å². The predicted octanol–water partition coefficient (Wildman–Crippen LogP) is 2.75. The highest BCUT2D eigenvalue weighted by atomic mass is 19.1. The standard InChI is InChI=1S/C20H23FN2O3/c21-17-3-1-2-4-18(17)24-12-11-22-7-9-23(10-8-22)14-16-5-6-19-20(13-16)26-15-25-19/h1-6,13H,7-12,14-15H2. The summed E-state index contributed by atoms with van der Waals surface area (Å²) in [7, 11) is 0. The van der Waals surface area contributed by atoms with Gasteiger partial charge in [0.25, 0.3) is 0 Å². The molecule has 2 aromatic rings. The van der Waals surface area contributed by atoms with Crippen molar-refractivity contribution in [3.8, 4) is 17.2 Å². The van der Waals surface area contributed by atoms with E-state index in [1.54, 1.807) is 18.2 Å². The third kappa shape index (κ3) is 4.08. The van der Waals surface area contributed by atoms with Crippen LogP contribution in [0.2, 0.25) is 0 Å². The Hall–Kier alpha value is -2.31. The van der Waals surface area contributed by atoms with Gasteiger partial charge in [-0.2, -0.15) is 0 Å². The fourth-order valence-electron chi connectivity index (χ4n) is 3.32. The van der Waals surface area contributed by atoms with Crippen molar-refractivity contribution in [3.63, 3.8) is 0 Å². The fourth-order valence-corrected chi connectivity index (χ4v) is 3.32. The van der Waals surface area contributed by atoms with Gasteiger partial charge in [-0.1, -0.05) is 18.2 Å². The van der Waals surface area contributed by atoms with Crippen LogP contribution in [0.3, 0.4) is 0 Å². The van der Waals surface area contributed by atoms with E-state index < -0.39 is 0 Å². The smallest absolute Gasteiger partial charge is 0.231 e. The number of nitrogens with zero attached hydrogens (tertiary/aromatic N) is 2. The normalized spacial score (nSPS) is 17.4. The van der Waals surface area contributed by atoms with E-state index >= 15 is 0 Å². The average molecular weight is 358 g/mol. The number of halogens is 1. The van der Waals surface area contributed by atoms with Crippen LogP contribution in [-0.2, 0) is 6.54 Å². The minimum atomic E-state index is -0.305. The number of hydrogen-bond donors (Lipinski definition) is 0. The molecule has 26 heavy (non-hydrogen) atoms. The molecule has 5 nitrogen and oxygen atoms in total. The zero-order valence-corrected chi connectivity index (χ0v) is 14.7. The third-order valence-corrected chi connectivity index (χ3v) is 4.81. The highest BCUT2D eigenvalue weighted by molar-refractivity contribution is 5.44. The van der Waals surface area contributed by atoms with E-state index in [0.717, 1.165) is 50.8 Å². The summed E-state index contributed by atoms with van der Waals surface area (Å²) in [6, 6.07) is 12.7. The molecule has 2 aliphatic rings. The second-order valence-electron chi connectivity index (χ2n) is 6.58. The van der Waals surface area contributed by atoms with Crippen molar-refractivity contribution in [2.45, 2.75) is 6.54 Å². The lowest BCUT2D eigenvalue weighted by molar-refractivity contribution is 0.111. The summed E-state index contributed by atoms with van der Waals surface area (Å²) in [5, 5.41) is 0. The minimum absolute atomic E-state index is 0.305. The summed E-state index contributed by atoms with van der Waals surface area (Å²) >= 11 is 0. The maximum atomic E-state index is 13.5. The van der Waals surface area contributed by atoms with Crippen molar-refractivity contribution in [2.75, 3.05) is 46.1 Å². The van der Waals surface area contributed by atoms with E-state index in [1.807, 2.05) is 6.07 Å². The highest BCUT2D eigenvalue weighted by Gasteiger charge is 2.19. The molecule has 0 aromatic heterocycles. The summed E-state index contributed by atoms with van der Waals surface area (Å²) in [6.07, 6.45) is 0. The summed E-state index contributed by atoms with van der Waals surface area (Å²) in [4.78, 5) is 4.79. The van der Waals surface area contributed by atoms with Gasteiger partial charge in [0.1, 0.15) is 6.61 Å². The summed E-state index contributed by atoms with van der Waals surface area (Å²) in [5.74, 6) is 1.69. The van der Waals surface area contributed by atoms with E-state index in [4.69, 9.17) is 14.2 Å². The molecular formula is C20H23FN2O3. The van der Waals surface area contributed by atoms with Crippen molar-refractivity contribution < 1.29 is 18.6 Å². The molecule has 1 saturated heterocycles. The Kier molecular flexibility index (Phi) is 5.22. The molecule has 2 aliphatic heterocycles. The van der Waals surface area contributed by atoms with Crippen LogP contribution in [0.5, 0.6) is 17.2 Å². The molecule has 0 atom stereocenters. The summed E-state index contributed by atoms with van der Waals surface area (Å²) < 4.78 is 29.9. The quantitative estimate of drug-likeness (QED) is 0.793. The minimum Gasteiger partial charge on any atom is -0.489 e. The molecule has 1 fully saturated rings. The first-order valence-corrected chi connectivity index (χ1v) is 8.98. The second-order valence-corrected chi connectivity index (χ2v) is 6.58. The van der Waals surface area contributed by atoms with Gasteiger partial charge in [0.05, 0.1) is 0 Å². The SMILES string of the molecule is Fc1ccccc1OCCN1CCN(Cc2ccc3c(c2)OCO3)CC1. The molecule has 4 rings (SSSR count). The van der Waals surface area contributed by atoms with Crippen LogP contribution in [0, 0.1) is 5.82 Å². The molecule has 0 unspecified atom stereocenters. The fraction of sp³-hybridized carbons (Fsp3) is 0.400. The van der Waals surface area contributed by atoms with Gasteiger partial charge in [-0.05, 0) is 29.8 Å². The van der Waals surface area contributed by atoms with Gasteiger partial charge >= 0.3 is 0 Å². The Balaban J connectivity index is 1.20. The Labute approximate surface area is 152 Å². The summed E-state index contributed by atoms with van der Waals surface area (Å²) in [5.41, 5.74) is 1.24. The van der Waals surface area contributed by atoms with Crippen LogP contribution < -0.4 is 14.2 Å². The maximum absolute atomic E-state index is 13.5. The first-order valence-electron chi connectivity index (χ1n) is 8.98. The third-order valence-electron chi connectivity index (χ3n) is 4.81. The molecule has 0 bridgehead atoms. The van der Waals surface area contributed by atoms with Crippen LogP contribution in [0.4, 0.5) is 4.39 Å². The van der Waals surface area contributed by atoms with Gasteiger partial charge in [0.15, 0.2) is 23.1 Å². The first kappa shape index (κ1) is 17.1. The Morgan fingerprint density at radius 1 is 0.923 bits per heavy atom. The molecule has 2 heterocycles. The van der Waals surface area contributed by atoms with E-state index in [-0.39, 0.29) is 5.82 Å². The van der Waals surface area contributed by atoms with Crippen LogP contribution in [0.25, 0.3) is 0 Å². The molecule has 0 saturated carbocycles. The Morgan fingerprint density at radius 3 is 2.54 bits per heavy atom. The number of para-hydroxylation sites is 1. The number of fused-ring (bicyclic) bond motifs is 1. The molecule has 0 radical (unpaired) electrons. The molecule has 0 spiro atoms. The van der Waals surface area contributed by atoms with Crippen molar-refractivity contribution in [1.82, 2.24) is 9.80 Å². The van der Waals surface area contributed by atoms with Gasteiger partial charge in [0, 0.05) is 39.3 Å². The largest absolute Gasteiger partial charge is 0.489 e. The van der Waals surface area contributed by atoms with Gasteiger partial charge in [-0.15, -0.1) is 0 Å². The van der Waals surface area contributed by atoms with Gasteiger partial charge in [0.2, 0.25) is 6.79 Å². The van der Waals surface area contributed by atoms with Crippen molar-refractivity contribution in [1.29, 1.82) is 0 Å². The van der Waals surface area contributed by atoms with Crippen molar-refractivity contribution in [2.24, 2.45) is 0 Å². The number of rotatable bonds is 6. The van der Waals surface area contributed by atoms with Crippen molar-refractivity contribution in [3.05, 3.63) is 53.8 Å². The average Bonchev–Trinajstić information content (AvgIpc) is 3.13. The van der Waals surface area contributed by atoms with Crippen LogP contribution in [0.1, 0.15) is 5.56 Å². The lowest BCUT2D eigenvalue weighted by Gasteiger charge is -2.34. The lowest BCUT2D eigenvalue weighted by Crippen LogP contribution is -2.47. The van der Waals surface area contributed by atoms with Crippen molar-refractivity contribution >= 4 is 0 Å². The Morgan fingerprint density at radius 2 is 1.69 bits per heavy atom. The van der Waals surface area contributed by atoms with Gasteiger partial charge in [-0.3, -0.25) is 9.80 Å². The van der Waals surface area contributed by atoms with Crippen LogP contribution >= 0.6 is 0 Å². The number of benzene rings is 2. The molecule has 0 N–H and O–H groups in total. The second kappa shape index (κ2) is 7.93. The molecule has 6 heteroatoms. The molecule has 0 amide bonds. The number of piperazine rings is 1. The summed E-state index contributed by atoms with van der Waals surface area (Å²) in [6.45, 7) is 6.54. The molecule has 138 valence electrons. The van der Waals surface area contributed by atoms with Crippen LogP contribution in [-0.4, -0.2) is 55.9 Å². The molecule has 2 aromatic carbocycles. The molecule has 0 aliphatic carbocycles. The van der Waals surface area contributed by atoms with E-state index in [1.165, 1.54) is 11.6 Å². The first-order chi connectivity index (χ1) is 12.8. The molecular weight excluding hydrogens is 335 g/mol. The van der Waals surface area contributed by atoms with E-state index in [9.17, 15) is 4.39 Å². The van der Waals surface area contributed by atoms with E-state index in [0.29, 0.717) is 19.1 Å². The monoisotopic (exact) mass is 358 g/mol. The van der Waals surface area contributed by atoms with E-state index in [2.05, 4.69) is 21.9 Å². The zero-order valence-electron chi connectivity index (χ0n) is 14.7. The lowest BCUT2D eigenvalue weighted by atomic mass is 10.1. The Bertz CT molecular complexity index is 748. The number of hydrogen-bond acceptors (Lipinski definition) is 5. The van der Waals surface area contributed by atoms with Gasteiger partial charge < -0.3 is 14.2 Å². The predicted molar refractivity (Wildman–Crippen MR) is 96.2 cm³/mol. The zero-order chi connectivity index (χ0) is 17.8. The highest BCUT2D eigenvalue weighted by Crippen LogP contribution is 2.32. The number of ether oxygens (including phenoxy) is 3. The topological polar surface area (TPSA) is 34.2 Å². The maximum Gasteiger partial charge on any atom is 0.231 e. The van der Waals surface area contributed by atoms with Crippen LogP contribution in [0.15, 0.2) is 42.5 Å².